The lowest BCUT2D eigenvalue weighted by molar-refractivity contribution is -0.118. The van der Waals surface area contributed by atoms with Crippen molar-refractivity contribution in [2.45, 2.75) is 20.4 Å². The molecule has 0 aliphatic rings. The van der Waals surface area contributed by atoms with Crippen molar-refractivity contribution in [2.24, 2.45) is 0 Å². The summed E-state index contributed by atoms with van der Waals surface area (Å²) < 4.78 is 6.70. The van der Waals surface area contributed by atoms with E-state index < -0.39 is 0 Å². The molecule has 0 aliphatic carbocycles. The third kappa shape index (κ3) is 5.12. The first-order valence-electron chi connectivity index (χ1n) is 10.7. The van der Waals surface area contributed by atoms with Gasteiger partial charge in [0, 0.05) is 37.0 Å². The molecule has 174 valence electrons. The zero-order valence-electron chi connectivity index (χ0n) is 18.8. The molecule has 4 aromatic rings. The summed E-state index contributed by atoms with van der Waals surface area (Å²) in [6.45, 7) is 4.42. The highest BCUT2D eigenvalue weighted by molar-refractivity contribution is 5.94. The van der Waals surface area contributed by atoms with Gasteiger partial charge in [-0.2, -0.15) is 4.98 Å². The largest absolute Gasteiger partial charge is 0.467 e. The van der Waals surface area contributed by atoms with E-state index in [0.717, 1.165) is 5.39 Å². The fraction of sp³-hybridized carbons (Fsp3) is 0.208. The van der Waals surface area contributed by atoms with E-state index in [4.69, 9.17) is 4.42 Å². The van der Waals surface area contributed by atoms with Crippen molar-refractivity contribution in [1.29, 1.82) is 0 Å². The number of carbonyl (C=O) groups excluding carboxylic acids is 2. The molecule has 0 fully saturated rings. The van der Waals surface area contributed by atoms with Crippen LogP contribution in [0.15, 0.2) is 64.0 Å². The van der Waals surface area contributed by atoms with Crippen LogP contribution < -0.4 is 21.5 Å². The molecule has 0 atom stereocenters. The lowest BCUT2D eigenvalue weighted by Gasteiger charge is -2.13. The number of benzene rings is 1. The third-order valence-corrected chi connectivity index (χ3v) is 5.11. The Balaban J connectivity index is 1.59. The van der Waals surface area contributed by atoms with E-state index in [9.17, 15) is 14.4 Å². The molecular weight excluding hydrogens is 436 g/mol. The first-order chi connectivity index (χ1) is 16.4. The molecular formula is C24H24N6O4. The van der Waals surface area contributed by atoms with Gasteiger partial charge in [-0.05, 0) is 49.4 Å². The van der Waals surface area contributed by atoms with Gasteiger partial charge < -0.3 is 20.4 Å². The van der Waals surface area contributed by atoms with E-state index in [1.54, 1.807) is 48.7 Å². The topological polar surface area (TPSA) is 131 Å². The standard InChI is InChI=1S/C24H24N6O4/c1-15-20-9-10-21(32)30(22(20)29-24(28-15)26-12-11-25-16(2)31)18-7-5-17(6-8-18)23(33)27-14-19-4-3-13-34-19/h3-10,13H,11-12,14H2,1-2H3,(H,25,31)(H,27,33)(H,26,28,29). The van der Waals surface area contributed by atoms with Crippen LogP contribution in [0.2, 0.25) is 0 Å². The number of pyridine rings is 1. The lowest BCUT2D eigenvalue weighted by Crippen LogP contribution is -2.27. The van der Waals surface area contributed by atoms with Crippen LogP contribution in [0.25, 0.3) is 16.7 Å². The quantitative estimate of drug-likeness (QED) is 0.343. The number of nitrogens with zero attached hydrogens (tertiary/aromatic N) is 3. The number of nitrogens with one attached hydrogen (secondary N) is 3. The van der Waals surface area contributed by atoms with Crippen LogP contribution in [0.1, 0.15) is 28.7 Å². The van der Waals surface area contributed by atoms with Crippen molar-refractivity contribution in [3.05, 3.63) is 82.2 Å². The molecule has 2 amide bonds. The Morgan fingerprint density at radius 3 is 2.50 bits per heavy atom. The molecule has 0 aliphatic heterocycles. The van der Waals surface area contributed by atoms with Gasteiger partial charge in [0.25, 0.3) is 11.5 Å². The minimum Gasteiger partial charge on any atom is -0.467 e. The first kappa shape index (κ1) is 22.7. The molecule has 3 aromatic heterocycles. The Morgan fingerprint density at radius 2 is 1.79 bits per heavy atom. The van der Waals surface area contributed by atoms with E-state index in [1.807, 2.05) is 6.92 Å². The number of fused-ring (bicyclic) bond motifs is 1. The number of carbonyl (C=O) groups is 2. The molecule has 0 bridgehead atoms. The Morgan fingerprint density at radius 1 is 1.00 bits per heavy atom. The van der Waals surface area contributed by atoms with Crippen LogP contribution in [-0.2, 0) is 11.3 Å². The van der Waals surface area contributed by atoms with E-state index in [0.29, 0.717) is 47.4 Å². The summed E-state index contributed by atoms with van der Waals surface area (Å²) in [5, 5.41) is 9.28. The van der Waals surface area contributed by atoms with E-state index in [2.05, 4.69) is 25.9 Å². The van der Waals surface area contributed by atoms with Gasteiger partial charge in [0.05, 0.1) is 24.2 Å². The van der Waals surface area contributed by atoms with Crippen molar-refractivity contribution in [3.63, 3.8) is 0 Å². The number of hydrogen-bond acceptors (Lipinski definition) is 7. The number of aryl methyl sites for hydroxylation is 1. The van der Waals surface area contributed by atoms with Crippen LogP contribution in [0.4, 0.5) is 5.95 Å². The predicted octanol–water partition coefficient (Wildman–Crippen LogP) is 2.16. The number of rotatable bonds is 8. The monoisotopic (exact) mass is 460 g/mol. The highest BCUT2D eigenvalue weighted by atomic mass is 16.3. The number of hydrogen-bond donors (Lipinski definition) is 3. The first-order valence-corrected chi connectivity index (χ1v) is 10.7. The fourth-order valence-corrected chi connectivity index (χ4v) is 3.45. The summed E-state index contributed by atoms with van der Waals surface area (Å²) in [5.74, 6) is 0.633. The summed E-state index contributed by atoms with van der Waals surface area (Å²) in [7, 11) is 0. The smallest absolute Gasteiger partial charge is 0.256 e. The average Bonchev–Trinajstić information content (AvgIpc) is 3.34. The molecule has 3 N–H and O–H groups in total. The molecule has 0 saturated heterocycles. The predicted molar refractivity (Wildman–Crippen MR) is 127 cm³/mol. The highest BCUT2D eigenvalue weighted by Crippen LogP contribution is 2.19. The second-order valence-corrected chi connectivity index (χ2v) is 7.60. The molecule has 0 spiro atoms. The fourth-order valence-electron chi connectivity index (χ4n) is 3.45. The second kappa shape index (κ2) is 9.99. The molecule has 34 heavy (non-hydrogen) atoms. The van der Waals surface area contributed by atoms with Crippen LogP contribution in [0, 0.1) is 6.92 Å². The molecule has 1 aromatic carbocycles. The summed E-state index contributed by atoms with van der Waals surface area (Å²) in [6, 6.07) is 13.4. The Bertz CT molecular complexity index is 1380. The Hall–Kier alpha value is -4.47. The SMILES string of the molecule is CC(=O)NCCNc1nc(C)c2ccc(=O)n(-c3ccc(C(=O)NCc4ccco4)cc3)c2n1. The van der Waals surface area contributed by atoms with Crippen molar-refractivity contribution in [3.8, 4) is 5.69 Å². The molecule has 0 radical (unpaired) electrons. The van der Waals surface area contributed by atoms with Crippen LogP contribution in [0.3, 0.4) is 0 Å². The van der Waals surface area contributed by atoms with Gasteiger partial charge in [-0.1, -0.05) is 0 Å². The number of furan rings is 1. The molecule has 0 unspecified atom stereocenters. The second-order valence-electron chi connectivity index (χ2n) is 7.60. The lowest BCUT2D eigenvalue weighted by atomic mass is 10.1. The van der Waals surface area contributed by atoms with Gasteiger partial charge in [-0.3, -0.25) is 19.0 Å². The summed E-state index contributed by atoms with van der Waals surface area (Å²) in [5.41, 5.74) is 1.91. The highest BCUT2D eigenvalue weighted by Gasteiger charge is 2.13. The van der Waals surface area contributed by atoms with Gasteiger partial charge in [0.15, 0.2) is 5.65 Å². The Labute approximate surface area is 195 Å². The van der Waals surface area contributed by atoms with Gasteiger partial charge in [-0.15, -0.1) is 0 Å². The van der Waals surface area contributed by atoms with Crippen LogP contribution in [-0.4, -0.2) is 39.4 Å². The summed E-state index contributed by atoms with van der Waals surface area (Å²) in [6.07, 6.45) is 1.55. The van der Waals surface area contributed by atoms with Crippen molar-refractivity contribution in [2.75, 3.05) is 18.4 Å². The normalized spacial score (nSPS) is 10.8. The van der Waals surface area contributed by atoms with Crippen LogP contribution >= 0.6 is 0 Å². The average molecular weight is 460 g/mol. The van der Waals surface area contributed by atoms with Crippen molar-refractivity contribution in [1.82, 2.24) is 25.2 Å². The summed E-state index contributed by atoms with van der Waals surface area (Å²) >= 11 is 0. The van der Waals surface area contributed by atoms with E-state index >= 15 is 0 Å². The Kier molecular flexibility index (Phi) is 6.67. The number of anilines is 1. The number of aromatic nitrogens is 3. The summed E-state index contributed by atoms with van der Waals surface area (Å²) in [4.78, 5) is 45.3. The maximum atomic E-state index is 12.8. The minimum absolute atomic E-state index is 0.121. The van der Waals surface area contributed by atoms with Gasteiger partial charge in [-0.25, -0.2) is 4.98 Å². The zero-order chi connectivity index (χ0) is 24.1. The molecule has 10 nitrogen and oxygen atoms in total. The number of amides is 2. The zero-order valence-corrected chi connectivity index (χ0v) is 18.8. The minimum atomic E-state index is -0.259. The third-order valence-electron chi connectivity index (χ3n) is 5.11. The van der Waals surface area contributed by atoms with Gasteiger partial charge in [0.2, 0.25) is 11.9 Å². The molecule has 10 heteroatoms. The van der Waals surface area contributed by atoms with Crippen molar-refractivity contribution < 1.29 is 14.0 Å². The maximum absolute atomic E-state index is 12.8. The van der Waals surface area contributed by atoms with Gasteiger partial charge in [0.1, 0.15) is 5.76 Å². The van der Waals surface area contributed by atoms with Crippen molar-refractivity contribution >= 4 is 28.8 Å². The molecule has 3 heterocycles. The van der Waals surface area contributed by atoms with Crippen LogP contribution in [0.5, 0.6) is 0 Å². The van der Waals surface area contributed by atoms with E-state index in [1.165, 1.54) is 17.6 Å². The molecule has 0 saturated carbocycles. The van der Waals surface area contributed by atoms with E-state index in [-0.39, 0.29) is 23.9 Å². The maximum Gasteiger partial charge on any atom is 0.256 e. The molecule has 4 rings (SSSR count). The van der Waals surface area contributed by atoms with Gasteiger partial charge >= 0.3 is 0 Å².